The topological polar surface area (TPSA) is 88.8 Å². The van der Waals surface area contributed by atoms with Crippen LogP contribution in [0.3, 0.4) is 0 Å². The van der Waals surface area contributed by atoms with Gasteiger partial charge in [0.2, 0.25) is 10.0 Å². The maximum Gasteiger partial charge on any atom is 0.240 e. The summed E-state index contributed by atoms with van der Waals surface area (Å²) in [6, 6.07) is 15.1. The zero-order valence-electron chi connectivity index (χ0n) is 13.9. The number of hydrogen-bond acceptors (Lipinski definition) is 5. The molecule has 0 spiro atoms. The molecule has 1 unspecified atom stereocenters. The summed E-state index contributed by atoms with van der Waals surface area (Å²) in [5.41, 5.74) is -0.853. The van der Waals surface area contributed by atoms with E-state index in [0.717, 1.165) is 5.39 Å². The van der Waals surface area contributed by atoms with Crippen LogP contribution in [0.25, 0.3) is 11.0 Å². The molecule has 0 radical (unpaired) electrons. The summed E-state index contributed by atoms with van der Waals surface area (Å²) in [5, 5.41) is 11.5. The minimum absolute atomic E-state index is 0.0914. The molecule has 0 aliphatic carbocycles. The third-order valence-corrected chi connectivity index (χ3v) is 5.35. The maximum atomic E-state index is 12.4. The molecule has 25 heavy (non-hydrogen) atoms. The van der Waals surface area contributed by atoms with Crippen molar-refractivity contribution in [1.82, 2.24) is 4.72 Å². The van der Waals surface area contributed by atoms with Gasteiger partial charge in [-0.05, 0) is 43.3 Å². The zero-order chi connectivity index (χ0) is 18.1. The van der Waals surface area contributed by atoms with E-state index in [9.17, 15) is 13.5 Å². The van der Waals surface area contributed by atoms with E-state index in [2.05, 4.69) is 4.72 Å². The maximum absolute atomic E-state index is 12.4. The van der Waals surface area contributed by atoms with Gasteiger partial charge in [-0.1, -0.05) is 18.2 Å². The summed E-state index contributed by atoms with van der Waals surface area (Å²) in [6.45, 7) is 1.28. The standard InChI is InChI=1S/C18H19NO5S/c1-18(20,17-11-13-5-3-4-6-16(13)24-17)12-19-25(21,22)15-9-7-14(23-2)8-10-15/h3-11,19-20H,12H2,1-2H3. The molecule has 0 amide bonds. The lowest BCUT2D eigenvalue weighted by Gasteiger charge is -2.21. The number of ether oxygens (including phenoxy) is 1. The van der Waals surface area contributed by atoms with E-state index in [1.807, 2.05) is 18.2 Å². The van der Waals surface area contributed by atoms with Gasteiger partial charge in [-0.3, -0.25) is 0 Å². The Labute approximate surface area is 146 Å². The largest absolute Gasteiger partial charge is 0.497 e. The molecule has 0 aliphatic heterocycles. The summed E-state index contributed by atoms with van der Waals surface area (Å²) < 4.78 is 37.8. The van der Waals surface area contributed by atoms with E-state index in [1.165, 1.54) is 26.2 Å². The first-order chi connectivity index (χ1) is 11.8. The second kappa shape index (κ2) is 6.51. The number of benzene rings is 2. The normalized spacial score (nSPS) is 14.4. The number of furan rings is 1. The van der Waals surface area contributed by atoms with Crippen LogP contribution in [-0.4, -0.2) is 27.2 Å². The van der Waals surface area contributed by atoms with Gasteiger partial charge in [0.1, 0.15) is 22.7 Å². The molecule has 1 heterocycles. The summed E-state index contributed by atoms with van der Waals surface area (Å²) in [5.74, 6) is 0.861. The highest BCUT2D eigenvalue weighted by atomic mass is 32.2. The van der Waals surface area contributed by atoms with Crippen LogP contribution in [0.15, 0.2) is 63.9 Å². The highest BCUT2D eigenvalue weighted by molar-refractivity contribution is 7.89. The van der Waals surface area contributed by atoms with Gasteiger partial charge in [-0.15, -0.1) is 0 Å². The highest BCUT2D eigenvalue weighted by Gasteiger charge is 2.29. The summed E-state index contributed by atoms with van der Waals surface area (Å²) in [6.07, 6.45) is 0. The van der Waals surface area contributed by atoms with Crippen LogP contribution in [0.2, 0.25) is 0 Å². The molecule has 3 aromatic rings. The number of para-hydroxylation sites is 1. The second-order valence-corrected chi connectivity index (χ2v) is 7.69. The average Bonchev–Trinajstić information content (AvgIpc) is 3.05. The number of nitrogens with one attached hydrogen (secondary N) is 1. The number of fused-ring (bicyclic) bond motifs is 1. The van der Waals surface area contributed by atoms with E-state index in [0.29, 0.717) is 17.1 Å². The SMILES string of the molecule is COc1ccc(S(=O)(=O)NCC(C)(O)c2cc3ccccc3o2)cc1. The molecule has 132 valence electrons. The van der Waals surface area contributed by atoms with Crippen molar-refractivity contribution in [2.75, 3.05) is 13.7 Å². The van der Waals surface area contributed by atoms with Gasteiger partial charge < -0.3 is 14.3 Å². The van der Waals surface area contributed by atoms with Crippen LogP contribution in [0.1, 0.15) is 12.7 Å². The van der Waals surface area contributed by atoms with Crippen molar-refractivity contribution in [2.24, 2.45) is 0 Å². The molecular formula is C18H19NO5S. The molecule has 2 aromatic carbocycles. The van der Waals surface area contributed by atoms with Crippen LogP contribution in [0, 0.1) is 0 Å². The van der Waals surface area contributed by atoms with Crippen molar-refractivity contribution in [3.8, 4) is 5.75 Å². The second-order valence-electron chi connectivity index (χ2n) is 5.92. The predicted molar refractivity (Wildman–Crippen MR) is 94.0 cm³/mol. The summed E-state index contributed by atoms with van der Waals surface area (Å²) >= 11 is 0. The third-order valence-electron chi connectivity index (χ3n) is 3.93. The lowest BCUT2D eigenvalue weighted by atomic mass is 10.0. The molecule has 0 saturated carbocycles. The van der Waals surface area contributed by atoms with E-state index in [-0.39, 0.29) is 11.4 Å². The number of aliphatic hydroxyl groups is 1. The molecule has 2 N–H and O–H groups in total. The Balaban J connectivity index is 1.78. The first-order valence-corrected chi connectivity index (χ1v) is 9.15. The van der Waals surface area contributed by atoms with Gasteiger partial charge in [-0.2, -0.15) is 0 Å². The van der Waals surface area contributed by atoms with Gasteiger partial charge in [0.05, 0.1) is 12.0 Å². The number of sulfonamides is 1. The van der Waals surface area contributed by atoms with E-state index >= 15 is 0 Å². The monoisotopic (exact) mass is 361 g/mol. The van der Waals surface area contributed by atoms with Gasteiger partial charge in [0.25, 0.3) is 0 Å². The van der Waals surface area contributed by atoms with Gasteiger partial charge >= 0.3 is 0 Å². The summed E-state index contributed by atoms with van der Waals surface area (Å²) in [7, 11) is -2.26. The van der Waals surface area contributed by atoms with E-state index in [4.69, 9.17) is 9.15 Å². The molecular weight excluding hydrogens is 342 g/mol. The number of methoxy groups -OCH3 is 1. The lowest BCUT2D eigenvalue weighted by Crippen LogP contribution is -2.38. The first kappa shape index (κ1) is 17.5. The smallest absolute Gasteiger partial charge is 0.240 e. The fourth-order valence-electron chi connectivity index (χ4n) is 2.41. The van der Waals surface area contributed by atoms with E-state index in [1.54, 1.807) is 24.3 Å². The fourth-order valence-corrected chi connectivity index (χ4v) is 3.54. The minimum atomic E-state index is -3.76. The molecule has 0 bridgehead atoms. The Kier molecular flexibility index (Phi) is 4.55. The van der Waals surface area contributed by atoms with Crippen molar-refractivity contribution in [3.63, 3.8) is 0 Å². The Bertz CT molecular complexity index is 941. The first-order valence-electron chi connectivity index (χ1n) is 7.67. The number of hydrogen-bond donors (Lipinski definition) is 2. The molecule has 0 saturated heterocycles. The van der Waals surface area contributed by atoms with Crippen LogP contribution in [-0.2, 0) is 15.6 Å². The quantitative estimate of drug-likeness (QED) is 0.705. The van der Waals surface area contributed by atoms with Crippen LogP contribution < -0.4 is 9.46 Å². The van der Waals surface area contributed by atoms with Gasteiger partial charge in [-0.25, -0.2) is 13.1 Å². The predicted octanol–water partition coefficient (Wildman–Crippen LogP) is 2.63. The highest BCUT2D eigenvalue weighted by Crippen LogP contribution is 2.28. The van der Waals surface area contributed by atoms with Crippen LogP contribution in [0.4, 0.5) is 0 Å². The van der Waals surface area contributed by atoms with E-state index < -0.39 is 15.6 Å². The Morgan fingerprint density at radius 1 is 1.16 bits per heavy atom. The van der Waals surface area contributed by atoms with Crippen molar-refractivity contribution < 1.29 is 22.7 Å². The number of rotatable bonds is 6. The molecule has 1 aromatic heterocycles. The van der Waals surface area contributed by atoms with Crippen molar-refractivity contribution in [2.45, 2.75) is 17.4 Å². The molecule has 0 fully saturated rings. The van der Waals surface area contributed by atoms with Crippen molar-refractivity contribution in [3.05, 3.63) is 60.4 Å². The Morgan fingerprint density at radius 3 is 2.48 bits per heavy atom. The summed E-state index contributed by atoms with van der Waals surface area (Å²) in [4.78, 5) is 0.0914. The molecule has 0 aliphatic rings. The van der Waals surface area contributed by atoms with Gasteiger partial charge in [0, 0.05) is 11.9 Å². The molecule has 1 atom stereocenters. The van der Waals surface area contributed by atoms with Crippen LogP contribution in [0.5, 0.6) is 5.75 Å². The van der Waals surface area contributed by atoms with Crippen LogP contribution >= 0.6 is 0 Å². The lowest BCUT2D eigenvalue weighted by molar-refractivity contribution is 0.0412. The Hall–Kier alpha value is -2.35. The van der Waals surface area contributed by atoms with Gasteiger partial charge in [0.15, 0.2) is 0 Å². The molecule has 3 rings (SSSR count). The average molecular weight is 361 g/mol. The molecule has 6 nitrogen and oxygen atoms in total. The van der Waals surface area contributed by atoms with Crippen molar-refractivity contribution in [1.29, 1.82) is 0 Å². The fraction of sp³-hybridized carbons (Fsp3) is 0.222. The van der Waals surface area contributed by atoms with Crippen molar-refractivity contribution >= 4 is 21.0 Å². The molecule has 7 heteroatoms. The third kappa shape index (κ3) is 3.68. The Morgan fingerprint density at radius 2 is 1.84 bits per heavy atom. The zero-order valence-corrected chi connectivity index (χ0v) is 14.7. The minimum Gasteiger partial charge on any atom is -0.497 e.